The topological polar surface area (TPSA) is 84.5 Å². The van der Waals surface area contributed by atoms with Crippen LogP contribution in [0.3, 0.4) is 0 Å². The predicted molar refractivity (Wildman–Crippen MR) is 94.7 cm³/mol. The number of nitrogens with one attached hydrogen (secondary N) is 2. The smallest absolute Gasteiger partial charge is 0.321 e. The minimum Gasteiger partial charge on any atom is -0.455 e. The molecule has 0 spiro atoms. The van der Waals surface area contributed by atoms with Gasteiger partial charge in [0.05, 0.1) is 5.75 Å². The lowest BCUT2D eigenvalue weighted by Crippen LogP contribution is -2.42. The van der Waals surface area contributed by atoms with E-state index < -0.39 is 24.5 Å². The molecule has 0 bridgehead atoms. The zero-order valence-electron chi connectivity index (χ0n) is 14.3. The largest absolute Gasteiger partial charge is 0.455 e. The fraction of sp³-hybridized carbons (Fsp3) is 0.471. The van der Waals surface area contributed by atoms with E-state index in [4.69, 9.17) is 4.74 Å². The average molecular weight is 352 g/mol. The molecule has 1 rings (SSSR count). The lowest BCUT2D eigenvalue weighted by atomic mass is 10.2. The fourth-order valence-corrected chi connectivity index (χ4v) is 2.41. The Kier molecular flexibility index (Phi) is 8.93. The van der Waals surface area contributed by atoms with Gasteiger partial charge in [-0.1, -0.05) is 43.7 Å². The van der Waals surface area contributed by atoms with Crippen molar-refractivity contribution in [2.24, 2.45) is 5.92 Å². The Morgan fingerprint density at radius 3 is 2.46 bits per heavy atom. The van der Waals surface area contributed by atoms with Gasteiger partial charge in [-0.15, -0.1) is 11.8 Å². The van der Waals surface area contributed by atoms with Crippen molar-refractivity contribution in [3.05, 3.63) is 35.4 Å². The van der Waals surface area contributed by atoms with Crippen LogP contribution >= 0.6 is 11.8 Å². The molecule has 0 aromatic heterocycles. The van der Waals surface area contributed by atoms with Crippen molar-refractivity contribution in [3.8, 4) is 0 Å². The second kappa shape index (κ2) is 10.7. The zero-order chi connectivity index (χ0) is 17.9. The quantitative estimate of drug-likeness (QED) is 0.701. The summed E-state index contributed by atoms with van der Waals surface area (Å²) in [5, 5.41) is 4.65. The molecular formula is C17H24N2O4S. The first-order chi connectivity index (χ1) is 11.4. The van der Waals surface area contributed by atoms with Crippen LogP contribution in [0.2, 0.25) is 0 Å². The van der Waals surface area contributed by atoms with Gasteiger partial charge in [0.15, 0.2) is 6.61 Å². The number of benzene rings is 1. The van der Waals surface area contributed by atoms with E-state index in [0.717, 1.165) is 5.56 Å². The van der Waals surface area contributed by atoms with Crippen LogP contribution in [0.5, 0.6) is 0 Å². The number of aryl methyl sites for hydroxylation is 1. The van der Waals surface area contributed by atoms with Gasteiger partial charge in [0.25, 0.3) is 5.91 Å². The average Bonchev–Trinajstić information content (AvgIpc) is 2.53. The number of hydrogen-bond acceptors (Lipinski definition) is 5. The molecule has 132 valence electrons. The summed E-state index contributed by atoms with van der Waals surface area (Å²) < 4.78 is 4.84. The van der Waals surface area contributed by atoms with Gasteiger partial charge < -0.3 is 10.1 Å². The molecule has 0 aliphatic rings. The van der Waals surface area contributed by atoms with Crippen molar-refractivity contribution in [1.29, 1.82) is 0 Å². The second-order valence-electron chi connectivity index (χ2n) is 5.79. The van der Waals surface area contributed by atoms with Gasteiger partial charge >= 0.3 is 12.0 Å². The highest BCUT2D eigenvalue weighted by molar-refractivity contribution is 7.99. The zero-order valence-corrected chi connectivity index (χ0v) is 15.1. The molecule has 0 atom stereocenters. The van der Waals surface area contributed by atoms with E-state index in [1.807, 2.05) is 45.0 Å². The first-order valence-electron chi connectivity index (χ1n) is 7.73. The van der Waals surface area contributed by atoms with Gasteiger partial charge in [-0.3, -0.25) is 14.9 Å². The number of carbonyl (C=O) groups is 3. The van der Waals surface area contributed by atoms with Crippen molar-refractivity contribution < 1.29 is 19.1 Å². The first kappa shape index (κ1) is 20.0. The number of urea groups is 1. The molecule has 0 saturated heterocycles. The van der Waals surface area contributed by atoms with E-state index in [1.165, 1.54) is 17.3 Å². The van der Waals surface area contributed by atoms with Crippen LogP contribution in [-0.4, -0.2) is 36.8 Å². The number of amides is 3. The van der Waals surface area contributed by atoms with Gasteiger partial charge in [0.2, 0.25) is 0 Å². The van der Waals surface area contributed by atoms with Crippen molar-refractivity contribution in [3.63, 3.8) is 0 Å². The van der Waals surface area contributed by atoms with Crippen LogP contribution < -0.4 is 10.6 Å². The van der Waals surface area contributed by atoms with Gasteiger partial charge in [-0.25, -0.2) is 4.79 Å². The highest BCUT2D eigenvalue weighted by atomic mass is 32.2. The molecular weight excluding hydrogens is 328 g/mol. The van der Waals surface area contributed by atoms with Crippen LogP contribution in [0.1, 0.15) is 25.0 Å². The van der Waals surface area contributed by atoms with Crippen LogP contribution in [0.15, 0.2) is 24.3 Å². The molecule has 0 radical (unpaired) electrons. The van der Waals surface area contributed by atoms with Crippen LogP contribution in [0.4, 0.5) is 4.79 Å². The lowest BCUT2D eigenvalue weighted by molar-refractivity contribution is -0.145. The Bertz CT molecular complexity index is 558. The molecule has 0 saturated carbocycles. The summed E-state index contributed by atoms with van der Waals surface area (Å²) in [4.78, 5) is 34.4. The molecule has 6 nitrogen and oxygen atoms in total. The molecule has 0 aliphatic heterocycles. The maximum Gasteiger partial charge on any atom is 0.321 e. The Hall–Kier alpha value is -2.02. The van der Waals surface area contributed by atoms with Gasteiger partial charge in [0.1, 0.15) is 0 Å². The van der Waals surface area contributed by atoms with Crippen molar-refractivity contribution in [2.45, 2.75) is 26.5 Å². The molecule has 0 unspecified atom stereocenters. The minimum atomic E-state index is -0.645. The summed E-state index contributed by atoms with van der Waals surface area (Å²) in [5.41, 5.74) is 2.31. The minimum absolute atomic E-state index is 0.153. The summed E-state index contributed by atoms with van der Waals surface area (Å²) in [6.45, 7) is 5.91. The summed E-state index contributed by atoms with van der Waals surface area (Å²) in [6.07, 6.45) is 0. The Balaban J connectivity index is 2.15. The normalized spacial score (nSPS) is 10.3. The van der Waals surface area contributed by atoms with Crippen molar-refractivity contribution in [1.82, 2.24) is 10.6 Å². The van der Waals surface area contributed by atoms with Gasteiger partial charge in [-0.05, 0) is 18.4 Å². The highest BCUT2D eigenvalue weighted by Crippen LogP contribution is 2.13. The number of carbonyl (C=O) groups excluding carboxylic acids is 3. The highest BCUT2D eigenvalue weighted by Gasteiger charge is 2.11. The predicted octanol–water partition coefficient (Wildman–Crippen LogP) is 2.25. The second-order valence-corrected chi connectivity index (χ2v) is 6.78. The standard InChI is InChI=1S/C17H24N2O4S/c1-12(2)8-18-17(22)19-15(20)9-23-16(21)11-24-10-14-6-4-13(3)5-7-14/h4-7,12H,8-11H2,1-3H3,(H2,18,19,20,22). The Labute approximate surface area is 146 Å². The number of rotatable bonds is 8. The van der Waals surface area contributed by atoms with E-state index in [1.54, 1.807) is 0 Å². The maximum absolute atomic E-state index is 11.6. The van der Waals surface area contributed by atoms with Gasteiger partial charge in [-0.2, -0.15) is 0 Å². The van der Waals surface area contributed by atoms with E-state index in [-0.39, 0.29) is 11.7 Å². The van der Waals surface area contributed by atoms with Crippen LogP contribution in [0, 0.1) is 12.8 Å². The molecule has 24 heavy (non-hydrogen) atoms. The molecule has 0 aliphatic carbocycles. The Morgan fingerprint density at radius 1 is 1.17 bits per heavy atom. The first-order valence-corrected chi connectivity index (χ1v) is 8.89. The van der Waals surface area contributed by atoms with E-state index in [2.05, 4.69) is 10.6 Å². The van der Waals surface area contributed by atoms with E-state index in [0.29, 0.717) is 12.3 Å². The van der Waals surface area contributed by atoms with Crippen molar-refractivity contribution >= 4 is 29.7 Å². The summed E-state index contributed by atoms with van der Waals surface area (Å²) >= 11 is 1.41. The molecule has 3 amide bonds. The molecule has 2 N–H and O–H groups in total. The Morgan fingerprint density at radius 2 is 1.83 bits per heavy atom. The summed E-state index contributed by atoms with van der Waals surface area (Å²) in [6, 6.07) is 7.47. The van der Waals surface area contributed by atoms with E-state index in [9.17, 15) is 14.4 Å². The summed E-state index contributed by atoms with van der Waals surface area (Å²) in [7, 11) is 0. The number of imide groups is 1. The number of hydrogen-bond donors (Lipinski definition) is 2. The summed E-state index contributed by atoms with van der Waals surface area (Å²) in [5.74, 6) is 0.00658. The number of thioether (sulfide) groups is 1. The number of esters is 1. The molecule has 0 fully saturated rings. The van der Waals surface area contributed by atoms with Crippen LogP contribution in [-0.2, 0) is 20.1 Å². The molecule has 1 aromatic carbocycles. The van der Waals surface area contributed by atoms with Crippen molar-refractivity contribution in [2.75, 3.05) is 18.9 Å². The van der Waals surface area contributed by atoms with Gasteiger partial charge in [0, 0.05) is 12.3 Å². The third-order valence-corrected chi connectivity index (χ3v) is 3.87. The third-order valence-electron chi connectivity index (χ3n) is 2.90. The lowest BCUT2D eigenvalue weighted by Gasteiger charge is -2.09. The SMILES string of the molecule is Cc1ccc(CSCC(=O)OCC(=O)NC(=O)NCC(C)C)cc1. The van der Waals surface area contributed by atoms with Crippen LogP contribution in [0.25, 0.3) is 0 Å². The maximum atomic E-state index is 11.6. The molecule has 0 heterocycles. The molecule has 1 aromatic rings. The monoisotopic (exact) mass is 352 g/mol. The third kappa shape index (κ3) is 9.19. The molecule has 7 heteroatoms. The fourth-order valence-electron chi connectivity index (χ4n) is 1.63. The van der Waals surface area contributed by atoms with E-state index >= 15 is 0 Å². The number of ether oxygens (including phenoxy) is 1.